The molecule has 0 unspecified atom stereocenters. The number of aromatic hydroxyl groups is 1. The van der Waals surface area contributed by atoms with Crippen molar-refractivity contribution in [2.75, 3.05) is 0 Å². The molecule has 0 aliphatic carbocycles. The van der Waals surface area contributed by atoms with Crippen LogP contribution in [0.5, 0.6) is 5.75 Å². The summed E-state index contributed by atoms with van der Waals surface area (Å²) in [4.78, 5) is 26.7. The molecule has 0 fully saturated rings. The van der Waals surface area contributed by atoms with Gasteiger partial charge in [-0.1, -0.05) is 43.8 Å². The Kier molecular flexibility index (Phi) is 3.95. The summed E-state index contributed by atoms with van der Waals surface area (Å²) in [5, 5.41) is 10.8. The molecule has 7 heteroatoms. The Bertz CT molecular complexity index is 1450. The standard InChI is InChI=1S/C23H16FNO4S/c1-23(2)14-10-12(24)8-9-15(14)25-17(23)11-16-18(21(25)27)19(26)20(22(28)29-16)30-13-6-4-3-5-7-13/h3-11,26H,1-2H3. The Morgan fingerprint density at radius 1 is 1.07 bits per heavy atom. The Balaban J connectivity index is 1.82. The van der Waals surface area contributed by atoms with Gasteiger partial charge >= 0.3 is 5.63 Å². The summed E-state index contributed by atoms with van der Waals surface area (Å²) in [7, 11) is 0. The van der Waals surface area contributed by atoms with Crippen molar-refractivity contribution < 1.29 is 13.9 Å². The Morgan fingerprint density at radius 3 is 2.53 bits per heavy atom. The highest BCUT2D eigenvalue weighted by atomic mass is 32.2. The van der Waals surface area contributed by atoms with Crippen LogP contribution in [-0.4, -0.2) is 9.67 Å². The maximum absolute atomic E-state index is 13.9. The Hall–Kier alpha value is -3.32. The monoisotopic (exact) mass is 421 g/mol. The second-order valence-electron chi connectivity index (χ2n) is 7.68. The zero-order valence-corrected chi connectivity index (χ0v) is 16.9. The average molecular weight is 421 g/mol. The van der Waals surface area contributed by atoms with Crippen LogP contribution in [0.4, 0.5) is 4.39 Å². The predicted molar refractivity (Wildman–Crippen MR) is 112 cm³/mol. The number of benzene rings is 2. The first kappa shape index (κ1) is 18.7. The van der Waals surface area contributed by atoms with E-state index in [-0.39, 0.29) is 15.9 Å². The van der Waals surface area contributed by atoms with Crippen LogP contribution in [-0.2, 0) is 5.41 Å². The maximum Gasteiger partial charge on any atom is 0.354 e. The molecule has 0 saturated heterocycles. The molecule has 30 heavy (non-hydrogen) atoms. The van der Waals surface area contributed by atoms with Crippen LogP contribution in [0.15, 0.2) is 78.4 Å². The molecular formula is C23H16FNO4S. The highest BCUT2D eigenvalue weighted by Gasteiger charge is 2.38. The van der Waals surface area contributed by atoms with Crippen LogP contribution < -0.4 is 11.2 Å². The van der Waals surface area contributed by atoms with Gasteiger partial charge in [-0.15, -0.1) is 0 Å². The fourth-order valence-electron chi connectivity index (χ4n) is 3.98. The quantitative estimate of drug-likeness (QED) is 0.513. The smallest absolute Gasteiger partial charge is 0.354 e. The molecule has 0 spiro atoms. The van der Waals surface area contributed by atoms with E-state index in [0.29, 0.717) is 16.9 Å². The van der Waals surface area contributed by atoms with Gasteiger partial charge in [-0.25, -0.2) is 9.18 Å². The Morgan fingerprint density at radius 2 is 1.80 bits per heavy atom. The summed E-state index contributed by atoms with van der Waals surface area (Å²) in [6, 6.07) is 14.8. The number of nitrogens with zero attached hydrogens (tertiary/aromatic N) is 1. The predicted octanol–water partition coefficient (Wildman–Crippen LogP) is 4.58. The summed E-state index contributed by atoms with van der Waals surface area (Å²) >= 11 is 1.03. The van der Waals surface area contributed by atoms with Gasteiger partial charge in [0.1, 0.15) is 21.7 Å². The number of pyridine rings is 1. The zero-order valence-electron chi connectivity index (χ0n) is 16.1. The van der Waals surface area contributed by atoms with Gasteiger partial charge in [-0.2, -0.15) is 0 Å². The zero-order chi connectivity index (χ0) is 21.2. The van der Waals surface area contributed by atoms with E-state index >= 15 is 0 Å². The van der Waals surface area contributed by atoms with Crippen LogP contribution in [0.1, 0.15) is 25.1 Å². The highest BCUT2D eigenvalue weighted by molar-refractivity contribution is 7.99. The summed E-state index contributed by atoms with van der Waals surface area (Å²) < 4.78 is 20.8. The van der Waals surface area contributed by atoms with E-state index in [0.717, 1.165) is 16.7 Å². The van der Waals surface area contributed by atoms with Crippen molar-refractivity contribution in [2.24, 2.45) is 0 Å². The van der Waals surface area contributed by atoms with E-state index in [4.69, 9.17) is 4.42 Å². The second kappa shape index (κ2) is 6.34. The fraction of sp³-hybridized carbons (Fsp3) is 0.130. The first-order chi connectivity index (χ1) is 14.3. The van der Waals surface area contributed by atoms with Gasteiger partial charge in [0, 0.05) is 22.1 Å². The van der Waals surface area contributed by atoms with Gasteiger partial charge in [0.25, 0.3) is 5.56 Å². The minimum Gasteiger partial charge on any atom is -0.505 e. The van der Waals surface area contributed by atoms with Crippen LogP contribution >= 0.6 is 11.8 Å². The summed E-state index contributed by atoms with van der Waals surface area (Å²) in [6.45, 7) is 3.74. The van der Waals surface area contributed by atoms with E-state index in [9.17, 15) is 19.1 Å². The third kappa shape index (κ3) is 2.55. The van der Waals surface area contributed by atoms with Crippen molar-refractivity contribution in [1.82, 2.24) is 4.57 Å². The number of halogens is 1. The molecule has 1 N–H and O–H groups in total. The molecule has 150 valence electrons. The first-order valence-electron chi connectivity index (χ1n) is 9.28. The summed E-state index contributed by atoms with van der Waals surface area (Å²) in [5.41, 5.74) is -0.160. The average Bonchev–Trinajstić information content (AvgIpc) is 2.93. The minimum atomic E-state index is -0.724. The van der Waals surface area contributed by atoms with Crippen molar-refractivity contribution in [1.29, 1.82) is 0 Å². The number of hydrogen-bond acceptors (Lipinski definition) is 5. The molecule has 0 radical (unpaired) electrons. The first-order valence-corrected chi connectivity index (χ1v) is 10.1. The van der Waals surface area contributed by atoms with Gasteiger partial charge < -0.3 is 9.52 Å². The largest absolute Gasteiger partial charge is 0.505 e. The second-order valence-corrected chi connectivity index (χ2v) is 8.76. The van der Waals surface area contributed by atoms with Crippen LogP contribution in [0.3, 0.4) is 0 Å². The van der Waals surface area contributed by atoms with E-state index < -0.39 is 28.2 Å². The van der Waals surface area contributed by atoms with Crippen molar-refractivity contribution in [2.45, 2.75) is 29.1 Å². The van der Waals surface area contributed by atoms with Gasteiger partial charge in [0.15, 0.2) is 5.75 Å². The summed E-state index contributed by atoms with van der Waals surface area (Å²) in [5.74, 6) is -0.813. The molecule has 1 aliphatic heterocycles. The van der Waals surface area contributed by atoms with Crippen molar-refractivity contribution in [3.05, 3.63) is 92.4 Å². The molecule has 2 aromatic carbocycles. The number of rotatable bonds is 2. The van der Waals surface area contributed by atoms with Gasteiger partial charge in [0.2, 0.25) is 0 Å². The molecule has 0 saturated carbocycles. The third-order valence-corrected chi connectivity index (χ3v) is 6.56. The SMILES string of the molecule is CC1(C)c2cc(F)ccc2-n2c1cc1oc(=O)c(Sc3ccccc3)c(O)c1c2=O. The maximum atomic E-state index is 13.9. The van der Waals surface area contributed by atoms with Gasteiger partial charge in [0.05, 0.1) is 5.69 Å². The highest BCUT2D eigenvalue weighted by Crippen LogP contribution is 2.44. The molecule has 1 aliphatic rings. The molecule has 5 rings (SSSR count). The molecular weight excluding hydrogens is 405 g/mol. The normalized spacial score (nSPS) is 14.0. The van der Waals surface area contributed by atoms with E-state index in [1.807, 2.05) is 32.0 Å². The van der Waals surface area contributed by atoms with Crippen LogP contribution in [0, 0.1) is 5.82 Å². The van der Waals surface area contributed by atoms with Crippen molar-refractivity contribution >= 4 is 22.7 Å². The fourth-order valence-corrected chi connectivity index (χ4v) is 4.83. The topological polar surface area (TPSA) is 72.4 Å². The van der Waals surface area contributed by atoms with Gasteiger partial charge in [-0.05, 0) is 35.9 Å². The van der Waals surface area contributed by atoms with Crippen molar-refractivity contribution in [3.8, 4) is 11.4 Å². The Labute approximate surface area is 174 Å². The lowest BCUT2D eigenvalue weighted by Crippen LogP contribution is -2.24. The van der Waals surface area contributed by atoms with E-state index in [1.165, 1.54) is 16.7 Å². The van der Waals surface area contributed by atoms with Crippen LogP contribution in [0.25, 0.3) is 16.7 Å². The molecule has 2 aromatic heterocycles. The number of hydrogen-bond donors (Lipinski definition) is 1. The number of aromatic nitrogens is 1. The molecule has 0 amide bonds. The summed E-state index contributed by atoms with van der Waals surface area (Å²) in [6.07, 6.45) is 0. The molecule has 0 bridgehead atoms. The third-order valence-electron chi connectivity index (χ3n) is 5.49. The minimum absolute atomic E-state index is 0.00696. The molecule has 3 heterocycles. The lowest BCUT2D eigenvalue weighted by atomic mass is 9.83. The van der Waals surface area contributed by atoms with Crippen LogP contribution in [0.2, 0.25) is 0 Å². The van der Waals surface area contributed by atoms with E-state index in [2.05, 4.69) is 0 Å². The molecule has 5 nitrogen and oxygen atoms in total. The lowest BCUT2D eigenvalue weighted by molar-refractivity contribution is 0.445. The molecule has 4 aromatic rings. The lowest BCUT2D eigenvalue weighted by Gasteiger charge is -2.20. The number of fused-ring (bicyclic) bond motifs is 4. The van der Waals surface area contributed by atoms with Crippen molar-refractivity contribution in [3.63, 3.8) is 0 Å². The molecule has 0 atom stereocenters. The van der Waals surface area contributed by atoms with E-state index in [1.54, 1.807) is 24.3 Å². The van der Waals surface area contributed by atoms with Gasteiger partial charge in [-0.3, -0.25) is 9.36 Å².